The lowest BCUT2D eigenvalue weighted by atomic mass is 10.3. The van der Waals surface area contributed by atoms with Crippen molar-refractivity contribution in [3.63, 3.8) is 0 Å². The third kappa shape index (κ3) is 1.48. The summed E-state index contributed by atoms with van der Waals surface area (Å²) >= 11 is 0. The number of benzene rings is 1. The van der Waals surface area contributed by atoms with Crippen LogP contribution in [0.5, 0.6) is 0 Å². The van der Waals surface area contributed by atoms with Crippen molar-refractivity contribution in [1.82, 2.24) is 4.98 Å². The van der Waals surface area contributed by atoms with E-state index in [2.05, 4.69) is 4.98 Å². The average molecular weight is 223 g/mol. The SMILES string of the molecule is CN(C)c1c(=O)[nH]c2ccc(F)cc2[n+]1[O-]. The minimum absolute atomic E-state index is 0.0712. The van der Waals surface area contributed by atoms with E-state index >= 15 is 0 Å². The Morgan fingerprint density at radius 3 is 2.75 bits per heavy atom. The largest absolute Gasteiger partial charge is 0.710 e. The molecule has 0 saturated heterocycles. The molecule has 2 aromatic rings. The maximum absolute atomic E-state index is 13.0. The van der Waals surface area contributed by atoms with Crippen LogP contribution in [0.15, 0.2) is 23.0 Å². The highest BCUT2D eigenvalue weighted by Gasteiger charge is 2.16. The van der Waals surface area contributed by atoms with Gasteiger partial charge in [-0.15, -0.1) is 0 Å². The quantitative estimate of drug-likeness (QED) is 0.561. The van der Waals surface area contributed by atoms with Gasteiger partial charge in [0.1, 0.15) is 5.82 Å². The van der Waals surface area contributed by atoms with Gasteiger partial charge in [0.05, 0.1) is 19.6 Å². The highest BCUT2D eigenvalue weighted by Crippen LogP contribution is 2.09. The summed E-state index contributed by atoms with van der Waals surface area (Å²) in [5.74, 6) is -0.591. The van der Waals surface area contributed by atoms with Crippen LogP contribution in [0.3, 0.4) is 0 Å². The average Bonchev–Trinajstić information content (AvgIpc) is 2.19. The number of aromatic nitrogens is 2. The highest BCUT2D eigenvalue weighted by atomic mass is 19.1. The topological polar surface area (TPSA) is 63.0 Å². The number of hydrogen-bond acceptors (Lipinski definition) is 3. The van der Waals surface area contributed by atoms with Crippen molar-refractivity contribution in [2.24, 2.45) is 0 Å². The summed E-state index contributed by atoms with van der Waals surface area (Å²) < 4.78 is 13.4. The maximum atomic E-state index is 13.0. The molecule has 0 saturated carbocycles. The molecule has 5 nitrogen and oxygen atoms in total. The lowest BCUT2D eigenvalue weighted by Crippen LogP contribution is -2.42. The number of aromatic amines is 1. The van der Waals surface area contributed by atoms with E-state index in [-0.39, 0.29) is 11.3 Å². The van der Waals surface area contributed by atoms with Crippen molar-refractivity contribution in [1.29, 1.82) is 0 Å². The van der Waals surface area contributed by atoms with Gasteiger partial charge in [-0.25, -0.2) is 9.12 Å². The van der Waals surface area contributed by atoms with Crippen molar-refractivity contribution in [3.8, 4) is 0 Å². The van der Waals surface area contributed by atoms with Gasteiger partial charge in [-0.3, -0.25) is 9.69 Å². The summed E-state index contributed by atoms with van der Waals surface area (Å²) in [6, 6.07) is 3.64. The zero-order valence-corrected chi connectivity index (χ0v) is 8.82. The number of nitrogens with zero attached hydrogens (tertiary/aromatic N) is 2. The fourth-order valence-electron chi connectivity index (χ4n) is 1.55. The van der Waals surface area contributed by atoms with Gasteiger partial charge in [-0.1, -0.05) is 0 Å². The fourth-order valence-corrected chi connectivity index (χ4v) is 1.55. The van der Waals surface area contributed by atoms with Crippen molar-refractivity contribution in [3.05, 3.63) is 39.6 Å². The smallest absolute Gasteiger partial charge is 0.346 e. The zero-order valence-electron chi connectivity index (χ0n) is 8.82. The number of hydrogen-bond donors (Lipinski definition) is 1. The van der Waals surface area contributed by atoms with Gasteiger partial charge in [-0.2, -0.15) is 0 Å². The normalized spacial score (nSPS) is 10.7. The van der Waals surface area contributed by atoms with Crippen LogP contribution in [0.4, 0.5) is 10.2 Å². The van der Waals surface area contributed by atoms with Crippen LogP contribution in [-0.2, 0) is 0 Å². The fraction of sp³-hybridized carbons (Fsp3) is 0.200. The molecule has 0 radical (unpaired) electrons. The molecule has 1 aromatic carbocycles. The van der Waals surface area contributed by atoms with Gasteiger partial charge in [0, 0.05) is 6.07 Å². The number of nitrogens with one attached hydrogen (secondary N) is 1. The Balaban J connectivity index is 2.91. The second-order valence-corrected chi connectivity index (χ2v) is 3.63. The predicted molar refractivity (Wildman–Crippen MR) is 57.8 cm³/mol. The summed E-state index contributed by atoms with van der Waals surface area (Å²) in [6.07, 6.45) is 0. The van der Waals surface area contributed by atoms with Crippen molar-refractivity contribution in [2.75, 3.05) is 19.0 Å². The van der Waals surface area contributed by atoms with Gasteiger partial charge in [-0.05, 0) is 12.1 Å². The van der Waals surface area contributed by atoms with Crippen LogP contribution in [-0.4, -0.2) is 19.1 Å². The van der Waals surface area contributed by atoms with Crippen molar-refractivity contribution >= 4 is 16.9 Å². The predicted octanol–water partition coefficient (Wildman–Crippen LogP) is 0.367. The van der Waals surface area contributed by atoms with E-state index in [9.17, 15) is 14.4 Å². The standard InChI is InChI=1S/C10H10FN3O2/c1-13(2)10-9(15)12-7-4-3-6(11)5-8(7)14(10)16/h3-5H,1-2H3,(H,12,15). The molecular weight excluding hydrogens is 213 g/mol. The molecule has 0 aliphatic heterocycles. The Bertz CT molecular complexity index is 607. The minimum atomic E-state index is -0.520. The number of halogens is 1. The van der Waals surface area contributed by atoms with Crippen LogP contribution in [0.2, 0.25) is 0 Å². The number of rotatable bonds is 1. The Hall–Kier alpha value is -2.11. The van der Waals surface area contributed by atoms with Gasteiger partial charge >= 0.3 is 11.4 Å². The van der Waals surface area contributed by atoms with E-state index in [0.717, 1.165) is 6.07 Å². The molecule has 16 heavy (non-hydrogen) atoms. The first-order chi connectivity index (χ1) is 7.50. The summed E-state index contributed by atoms with van der Waals surface area (Å²) in [5.41, 5.74) is -0.0885. The van der Waals surface area contributed by atoms with E-state index in [1.807, 2.05) is 0 Å². The molecule has 84 valence electrons. The molecule has 0 fully saturated rings. The minimum Gasteiger partial charge on any atom is -0.710 e. The Labute approximate surface area is 90.3 Å². The molecule has 0 atom stereocenters. The van der Waals surface area contributed by atoms with E-state index in [1.165, 1.54) is 17.0 Å². The van der Waals surface area contributed by atoms with Crippen molar-refractivity contribution in [2.45, 2.75) is 0 Å². The third-order valence-electron chi connectivity index (χ3n) is 2.25. The zero-order chi connectivity index (χ0) is 11.9. The molecule has 0 aliphatic rings. The summed E-state index contributed by atoms with van der Waals surface area (Å²) in [5, 5.41) is 11.8. The molecule has 1 N–H and O–H groups in total. The van der Waals surface area contributed by atoms with Crippen LogP contribution in [0.25, 0.3) is 11.0 Å². The van der Waals surface area contributed by atoms with E-state index in [0.29, 0.717) is 10.2 Å². The van der Waals surface area contributed by atoms with E-state index in [1.54, 1.807) is 14.1 Å². The number of anilines is 1. The first kappa shape index (κ1) is 10.4. The Kier molecular flexibility index (Phi) is 2.26. The van der Waals surface area contributed by atoms with Gasteiger partial charge in [0.25, 0.3) is 0 Å². The van der Waals surface area contributed by atoms with Crippen LogP contribution in [0.1, 0.15) is 0 Å². The molecule has 2 rings (SSSR count). The van der Waals surface area contributed by atoms with Crippen LogP contribution in [0, 0.1) is 11.0 Å². The molecule has 0 amide bonds. The van der Waals surface area contributed by atoms with Gasteiger partial charge in [0.15, 0.2) is 5.52 Å². The van der Waals surface area contributed by atoms with Crippen molar-refractivity contribution < 1.29 is 9.12 Å². The second kappa shape index (κ2) is 3.48. The molecule has 0 bridgehead atoms. The third-order valence-corrected chi connectivity index (χ3v) is 2.25. The highest BCUT2D eigenvalue weighted by molar-refractivity contribution is 5.71. The first-order valence-electron chi connectivity index (χ1n) is 4.63. The van der Waals surface area contributed by atoms with E-state index < -0.39 is 11.4 Å². The molecule has 1 heterocycles. The number of fused-ring (bicyclic) bond motifs is 1. The van der Waals surface area contributed by atoms with Crippen LogP contribution < -0.4 is 15.2 Å². The van der Waals surface area contributed by atoms with Gasteiger partial charge < -0.3 is 10.2 Å². The maximum Gasteiger partial charge on any atom is 0.346 e. The monoisotopic (exact) mass is 223 g/mol. The molecular formula is C10H10FN3O2. The molecule has 0 spiro atoms. The molecule has 0 aliphatic carbocycles. The van der Waals surface area contributed by atoms with Gasteiger partial charge in [0.2, 0.25) is 0 Å². The number of H-pyrrole nitrogens is 1. The Morgan fingerprint density at radius 1 is 1.44 bits per heavy atom. The summed E-state index contributed by atoms with van der Waals surface area (Å²) in [7, 11) is 3.15. The molecule has 6 heteroatoms. The summed E-state index contributed by atoms with van der Waals surface area (Å²) in [4.78, 5) is 15.5. The summed E-state index contributed by atoms with van der Waals surface area (Å²) in [6.45, 7) is 0. The lowest BCUT2D eigenvalue weighted by molar-refractivity contribution is -0.564. The molecule has 0 unspecified atom stereocenters. The van der Waals surface area contributed by atoms with Crippen LogP contribution >= 0.6 is 0 Å². The lowest BCUT2D eigenvalue weighted by Gasteiger charge is -2.13. The second-order valence-electron chi connectivity index (χ2n) is 3.63. The first-order valence-corrected chi connectivity index (χ1v) is 4.63. The van der Waals surface area contributed by atoms with E-state index in [4.69, 9.17) is 0 Å². The Morgan fingerprint density at radius 2 is 2.12 bits per heavy atom. The molecule has 1 aromatic heterocycles.